The monoisotopic (exact) mass is 887 g/mol. The number of esters is 3. The lowest BCUT2D eigenvalue weighted by molar-refractivity contribution is -0.167. The molecular weight excluding hydrogens is 781 g/mol. The number of allylic oxidation sites excluding steroid dienone is 4. The van der Waals surface area contributed by atoms with Gasteiger partial charge >= 0.3 is 17.9 Å². The SMILES string of the molecule is CCCCCCCC/C=C\CCCCCCCCCC(=O)OCC(COC(=O)CCCCCCCCC/C=C\CCCCCCCC)OC(=O)CCCCCCCCCCCCC. The second kappa shape index (κ2) is 52.5. The number of carbonyl (C=O) groups excluding carboxylic acids is 3. The van der Waals surface area contributed by atoms with Gasteiger partial charge in [0.2, 0.25) is 0 Å². The average Bonchev–Trinajstić information content (AvgIpc) is 3.28. The fraction of sp³-hybridized carbons (Fsp3) is 0.877. The second-order valence-corrected chi connectivity index (χ2v) is 18.8. The molecule has 0 aromatic carbocycles. The van der Waals surface area contributed by atoms with Crippen LogP contribution in [0.3, 0.4) is 0 Å². The summed E-state index contributed by atoms with van der Waals surface area (Å²) >= 11 is 0. The van der Waals surface area contributed by atoms with E-state index in [2.05, 4.69) is 45.1 Å². The minimum Gasteiger partial charge on any atom is -0.462 e. The van der Waals surface area contributed by atoms with Crippen molar-refractivity contribution >= 4 is 17.9 Å². The van der Waals surface area contributed by atoms with E-state index in [1.165, 1.54) is 205 Å². The standard InChI is InChI=1S/C57H106O6/c1-4-7-10-13-16-19-22-24-26-28-30-32-35-37-40-43-46-49-55(58)61-52-54(63-57(60)51-48-45-42-39-34-21-18-15-12-9-6-3)53-62-56(59)50-47-44-41-38-36-33-31-29-27-25-23-20-17-14-11-8-5-2/h24-27,54H,4-23,28-53H2,1-3H3/b26-24-,27-25-. The lowest BCUT2D eigenvalue weighted by atomic mass is 10.1. The van der Waals surface area contributed by atoms with Gasteiger partial charge in [0.25, 0.3) is 0 Å². The molecule has 6 heteroatoms. The van der Waals surface area contributed by atoms with Gasteiger partial charge in [-0.25, -0.2) is 0 Å². The summed E-state index contributed by atoms with van der Waals surface area (Å²) in [5, 5.41) is 0. The number of ether oxygens (including phenoxy) is 3. The van der Waals surface area contributed by atoms with Crippen molar-refractivity contribution in [2.24, 2.45) is 0 Å². The molecule has 0 aliphatic heterocycles. The summed E-state index contributed by atoms with van der Waals surface area (Å²) in [5.41, 5.74) is 0. The van der Waals surface area contributed by atoms with Crippen molar-refractivity contribution in [1.82, 2.24) is 0 Å². The Bertz CT molecular complexity index is 960. The minimum absolute atomic E-state index is 0.0710. The molecule has 0 aliphatic carbocycles. The van der Waals surface area contributed by atoms with Gasteiger partial charge < -0.3 is 14.2 Å². The topological polar surface area (TPSA) is 78.9 Å². The highest BCUT2D eigenvalue weighted by molar-refractivity contribution is 5.71. The highest BCUT2D eigenvalue weighted by Crippen LogP contribution is 2.16. The van der Waals surface area contributed by atoms with Crippen LogP contribution in [0.1, 0.15) is 303 Å². The molecule has 0 bridgehead atoms. The van der Waals surface area contributed by atoms with Gasteiger partial charge in [0.15, 0.2) is 6.10 Å². The molecule has 6 nitrogen and oxygen atoms in total. The molecule has 0 amide bonds. The molecule has 0 saturated carbocycles. The fourth-order valence-electron chi connectivity index (χ4n) is 8.20. The van der Waals surface area contributed by atoms with Crippen molar-refractivity contribution in [3.05, 3.63) is 24.3 Å². The number of unbranched alkanes of at least 4 members (excludes halogenated alkanes) is 36. The van der Waals surface area contributed by atoms with Gasteiger partial charge in [0.05, 0.1) is 0 Å². The van der Waals surface area contributed by atoms with E-state index < -0.39 is 6.10 Å². The van der Waals surface area contributed by atoms with Crippen LogP contribution in [-0.4, -0.2) is 37.2 Å². The van der Waals surface area contributed by atoms with Gasteiger partial charge in [0, 0.05) is 19.3 Å². The first-order valence-electron chi connectivity index (χ1n) is 27.8. The summed E-state index contributed by atoms with van der Waals surface area (Å²) < 4.78 is 16.8. The molecule has 0 spiro atoms. The third kappa shape index (κ3) is 50.7. The number of hydrogen-bond donors (Lipinski definition) is 0. The quantitative estimate of drug-likeness (QED) is 0.0262. The fourth-order valence-corrected chi connectivity index (χ4v) is 8.20. The van der Waals surface area contributed by atoms with Crippen LogP contribution in [0.15, 0.2) is 24.3 Å². The van der Waals surface area contributed by atoms with Crippen LogP contribution in [0.4, 0.5) is 0 Å². The molecule has 0 N–H and O–H groups in total. The third-order valence-corrected chi connectivity index (χ3v) is 12.4. The van der Waals surface area contributed by atoms with E-state index in [4.69, 9.17) is 14.2 Å². The largest absolute Gasteiger partial charge is 0.462 e. The van der Waals surface area contributed by atoms with E-state index in [9.17, 15) is 14.4 Å². The lowest BCUT2D eigenvalue weighted by Crippen LogP contribution is -2.30. The molecule has 0 rings (SSSR count). The van der Waals surface area contributed by atoms with Crippen LogP contribution in [0.5, 0.6) is 0 Å². The Balaban J connectivity index is 4.30. The predicted molar refractivity (Wildman–Crippen MR) is 270 cm³/mol. The molecule has 0 unspecified atom stereocenters. The van der Waals surface area contributed by atoms with Crippen LogP contribution in [0.2, 0.25) is 0 Å². The van der Waals surface area contributed by atoms with Gasteiger partial charge in [-0.3, -0.25) is 14.4 Å². The minimum atomic E-state index is -0.770. The van der Waals surface area contributed by atoms with E-state index in [1.807, 2.05) is 0 Å². The first kappa shape index (κ1) is 60.9. The Morgan fingerprint density at radius 1 is 0.302 bits per heavy atom. The molecule has 0 aliphatic rings. The molecule has 370 valence electrons. The maximum Gasteiger partial charge on any atom is 0.306 e. The van der Waals surface area contributed by atoms with Crippen molar-refractivity contribution in [2.75, 3.05) is 13.2 Å². The van der Waals surface area contributed by atoms with Gasteiger partial charge in [0.1, 0.15) is 13.2 Å². The molecule has 0 fully saturated rings. The summed E-state index contributed by atoms with van der Waals surface area (Å²) in [6.07, 6.45) is 60.2. The highest BCUT2D eigenvalue weighted by Gasteiger charge is 2.19. The molecule has 0 aromatic heterocycles. The Kier molecular flexibility index (Phi) is 50.8. The van der Waals surface area contributed by atoms with Crippen molar-refractivity contribution in [3.63, 3.8) is 0 Å². The highest BCUT2D eigenvalue weighted by atomic mass is 16.6. The van der Waals surface area contributed by atoms with E-state index in [0.717, 1.165) is 57.8 Å². The van der Waals surface area contributed by atoms with E-state index in [0.29, 0.717) is 19.3 Å². The van der Waals surface area contributed by atoms with Gasteiger partial charge in [-0.1, -0.05) is 238 Å². The van der Waals surface area contributed by atoms with Crippen LogP contribution in [-0.2, 0) is 28.6 Å². The van der Waals surface area contributed by atoms with Crippen LogP contribution >= 0.6 is 0 Å². The number of carbonyl (C=O) groups is 3. The molecule has 0 radical (unpaired) electrons. The van der Waals surface area contributed by atoms with Gasteiger partial charge in [-0.05, 0) is 70.6 Å². The van der Waals surface area contributed by atoms with Crippen molar-refractivity contribution in [3.8, 4) is 0 Å². The lowest BCUT2D eigenvalue weighted by Gasteiger charge is -2.18. The summed E-state index contributed by atoms with van der Waals surface area (Å²) in [5.74, 6) is -0.864. The number of hydrogen-bond acceptors (Lipinski definition) is 6. The zero-order valence-electron chi connectivity index (χ0n) is 42.4. The maximum atomic E-state index is 12.8. The summed E-state index contributed by atoms with van der Waals surface area (Å²) in [4.78, 5) is 38.0. The molecule has 0 heterocycles. The Hall–Kier alpha value is -2.11. The van der Waals surface area contributed by atoms with E-state index in [-0.39, 0.29) is 31.1 Å². The Morgan fingerprint density at radius 3 is 0.794 bits per heavy atom. The van der Waals surface area contributed by atoms with Crippen molar-refractivity contribution in [2.45, 2.75) is 309 Å². The molecule has 0 atom stereocenters. The molecule has 63 heavy (non-hydrogen) atoms. The summed E-state index contributed by atoms with van der Waals surface area (Å²) in [7, 11) is 0. The maximum absolute atomic E-state index is 12.8. The van der Waals surface area contributed by atoms with Crippen LogP contribution in [0.25, 0.3) is 0 Å². The Labute approximate surface area is 392 Å². The summed E-state index contributed by atoms with van der Waals surface area (Å²) in [6, 6.07) is 0. The van der Waals surface area contributed by atoms with Crippen molar-refractivity contribution in [1.29, 1.82) is 0 Å². The van der Waals surface area contributed by atoms with Gasteiger partial charge in [-0.2, -0.15) is 0 Å². The first-order valence-corrected chi connectivity index (χ1v) is 27.8. The van der Waals surface area contributed by atoms with Gasteiger partial charge in [-0.15, -0.1) is 0 Å². The zero-order valence-corrected chi connectivity index (χ0v) is 42.4. The van der Waals surface area contributed by atoms with E-state index in [1.54, 1.807) is 0 Å². The van der Waals surface area contributed by atoms with Crippen LogP contribution in [0, 0.1) is 0 Å². The van der Waals surface area contributed by atoms with E-state index >= 15 is 0 Å². The predicted octanol–water partition coefficient (Wildman–Crippen LogP) is 18.3. The third-order valence-electron chi connectivity index (χ3n) is 12.4. The second-order valence-electron chi connectivity index (χ2n) is 18.8. The zero-order chi connectivity index (χ0) is 45.8. The Morgan fingerprint density at radius 2 is 0.524 bits per heavy atom. The van der Waals surface area contributed by atoms with Crippen molar-refractivity contribution < 1.29 is 28.6 Å². The molecule has 0 saturated heterocycles. The first-order chi connectivity index (χ1) is 31.0. The molecular formula is C57H106O6. The smallest absolute Gasteiger partial charge is 0.306 e. The van der Waals surface area contributed by atoms with Crippen LogP contribution < -0.4 is 0 Å². The summed E-state index contributed by atoms with van der Waals surface area (Å²) in [6.45, 7) is 6.65. The molecule has 0 aromatic rings. The number of rotatable bonds is 51. The normalized spacial score (nSPS) is 11.7. The average molecular weight is 887 g/mol.